The van der Waals surface area contributed by atoms with Crippen molar-refractivity contribution in [3.63, 3.8) is 0 Å². The molecule has 5 heteroatoms. The summed E-state index contributed by atoms with van der Waals surface area (Å²) in [5.41, 5.74) is 0.527. The van der Waals surface area contributed by atoms with Crippen LogP contribution in [0.4, 0.5) is 0 Å². The van der Waals surface area contributed by atoms with E-state index in [1.165, 1.54) is 16.3 Å². The van der Waals surface area contributed by atoms with Crippen LogP contribution in [0.1, 0.15) is 45.6 Å². The van der Waals surface area contributed by atoms with E-state index in [9.17, 15) is 15.3 Å². The first-order chi connectivity index (χ1) is 15.2. The zero-order valence-corrected chi connectivity index (χ0v) is 19.7. The highest BCUT2D eigenvalue weighted by Crippen LogP contribution is 2.52. The number of rotatable bonds is 6. The predicted molar refractivity (Wildman–Crippen MR) is 127 cm³/mol. The lowest BCUT2D eigenvalue weighted by atomic mass is 9.65. The average Bonchev–Trinajstić information content (AvgIpc) is 3.00. The molecule has 32 heavy (non-hydrogen) atoms. The minimum Gasteiger partial charge on any atom is -0.391 e. The molecule has 4 rings (SSSR count). The largest absolute Gasteiger partial charge is 0.391 e. The fraction of sp³-hybridized carbons (Fsp3) is 0.556. The van der Waals surface area contributed by atoms with Crippen molar-refractivity contribution in [2.45, 2.75) is 76.0 Å². The number of ether oxygens (including phenoxy) is 1. The van der Waals surface area contributed by atoms with Gasteiger partial charge in [-0.05, 0) is 56.4 Å². The van der Waals surface area contributed by atoms with Gasteiger partial charge in [0.25, 0.3) is 0 Å². The molecule has 0 bridgehead atoms. The third-order valence-corrected chi connectivity index (χ3v) is 7.87. The summed E-state index contributed by atoms with van der Waals surface area (Å²) in [6, 6.07) is 14.6. The number of hydrogen-bond donors (Lipinski definition) is 3. The standard InChI is InChI=1S/C27H37NO4/c1-18(2)12-13-23(30)26(3)25-24(32-4)22(29)14-15-27(25,31)17-28(26)16-20-10-7-9-19-8-5-6-11-21(19)20/h5-12,22-25,29-31H,13-17H2,1-4H3/t22-,23-,24-,25-,26-,27+/m1/s1. The van der Waals surface area contributed by atoms with Gasteiger partial charge in [0.2, 0.25) is 0 Å². The van der Waals surface area contributed by atoms with Crippen molar-refractivity contribution >= 4 is 10.8 Å². The van der Waals surface area contributed by atoms with E-state index in [0.717, 1.165) is 5.57 Å². The lowest BCUT2D eigenvalue weighted by molar-refractivity contribution is -0.169. The Balaban J connectivity index is 1.78. The molecule has 0 amide bonds. The number of allylic oxidation sites excluding steroid dienone is 1. The first-order valence-corrected chi connectivity index (χ1v) is 11.7. The van der Waals surface area contributed by atoms with Crippen LogP contribution in [0, 0.1) is 5.92 Å². The highest BCUT2D eigenvalue weighted by atomic mass is 16.5. The van der Waals surface area contributed by atoms with Crippen LogP contribution in [0.2, 0.25) is 0 Å². The number of methoxy groups -OCH3 is 1. The normalized spacial score (nSPS) is 33.8. The fourth-order valence-electron chi connectivity index (χ4n) is 6.16. The van der Waals surface area contributed by atoms with E-state index < -0.39 is 35.4 Å². The van der Waals surface area contributed by atoms with Crippen molar-refractivity contribution in [3.05, 3.63) is 59.7 Å². The number of likely N-dealkylation sites (tertiary alicyclic amines) is 1. The highest BCUT2D eigenvalue weighted by molar-refractivity contribution is 5.85. The third kappa shape index (κ3) is 3.91. The Hall–Kier alpha value is -1.76. The molecule has 0 radical (unpaired) electrons. The lowest BCUT2D eigenvalue weighted by Crippen LogP contribution is -2.63. The zero-order chi connectivity index (χ0) is 23.1. The first-order valence-electron chi connectivity index (χ1n) is 11.7. The molecule has 5 nitrogen and oxygen atoms in total. The predicted octanol–water partition coefficient (Wildman–Crippen LogP) is 3.65. The van der Waals surface area contributed by atoms with Crippen LogP contribution in [-0.2, 0) is 11.3 Å². The molecule has 2 aliphatic rings. The molecular weight excluding hydrogens is 402 g/mol. The van der Waals surface area contributed by atoms with Gasteiger partial charge in [0.1, 0.15) is 0 Å². The molecule has 2 aromatic rings. The number of benzene rings is 2. The average molecular weight is 440 g/mol. The van der Waals surface area contributed by atoms with E-state index in [1.54, 1.807) is 7.11 Å². The number of β-amino-alcohol motifs (C(OH)–C–C–N with tert-alkyl or cyclic N) is 1. The van der Waals surface area contributed by atoms with Crippen LogP contribution in [-0.4, -0.2) is 63.3 Å². The van der Waals surface area contributed by atoms with E-state index in [0.29, 0.717) is 32.4 Å². The highest BCUT2D eigenvalue weighted by Gasteiger charge is 2.66. The number of nitrogens with zero attached hydrogens (tertiary/aromatic N) is 1. The first kappa shape index (κ1) is 23.4. The van der Waals surface area contributed by atoms with Crippen molar-refractivity contribution in [1.82, 2.24) is 4.90 Å². The summed E-state index contributed by atoms with van der Waals surface area (Å²) in [6.07, 6.45) is 1.63. The van der Waals surface area contributed by atoms with Crippen LogP contribution >= 0.6 is 0 Å². The number of aliphatic hydroxyl groups is 3. The summed E-state index contributed by atoms with van der Waals surface area (Å²) in [7, 11) is 1.59. The molecule has 2 fully saturated rings. The van der Waals surface area contributed by atoms with Crippen LogP contribution in [0.5, 0.6) is 0 Å². The smallest absolute Gasteiger partial charge is 0.0904 e. The van der Waals surface area contributed by atoms with E-state index in [-0.39, 0.29) is 0 Å². The summed E-state index contributed by atoms with van der Waals surface area (Å²) >= 11 is 0. The van der Waals surface area contributed by atoms with E-state index >= 15 is 0 Å². The number of hydrogen-bond acceptors (Lipinski definition) is 5. The maximum atomic E-state index is 11.8. The number of aliphatic hydroxyl groups excluding tert-OH is 2. The zero-order valence-electron chi connectivity index (χ0n) is 19.7. The Morgan fingerprint density at radius 2 is 1.94 bits per heavy atom. The van der Waals surface area contributed by atoms with Crippen molar-refractivity contribution < 1.29 is 20.1 Å². The van der Waals surface area contributed by atoms with Crippen LogP contribution in [0.3, 0.4) is 0 Å². The van der Waals surface area contributed by atoms with E-state index in [1.807, 2.05) is 39.0 Å². The number of fused-ring (bicyclic) bond motifs is 2. The van der Waals surface area contributed by atoms with Gasteiger partial charge in [0.05, 0.1) is 29.5 Å². The second-order valence-electron chi connectivity index (χ2n) is 10.1. The second kappa shape index (κ2) is 8.88. The van der Waals surface area contributed by atoms with Crippen molar-refractivity contribution in [1.29, 1.82) is 0 Å². The summed E-state index contributed by atoms with van der Waals surface area (Å²) in [6.45, 7) is 7.13. The minimum absolute atomic E-state index is 0.403. The molecule has 0 unspecified atom stereocenters. The Kier molecular flexibility index (Phi) is 6.49. The molecule has 2 aromatic carbocycles. The Morgan fingerprint density at radius 1 is 1.22 bits per heavy atom. The quantitative estimate of drug-likeness (QED) is 0.599. The van der Waals surface area contributed by atoms with E-state index in [2.05, 4.69) is 35.2 Å². The molecule has 174 valence electrons. The molecule has 1 saturated carbocycles. The van der Waals surface area contributed by atoms with Crippen molar-refractivity contribution in [2.24, 2.45) is 5.92 Å². The van der Waals surface area contributed by atoms with Crippen LogP contribution < -0.4 is 0 Å². The van der Waals surface area contributed by atoms with Crippen LogP contribution in [0.25, 0.3) is 10.8 Å². The third-order valence-electron chi connectivity index (χ3n) is 7.87. The summed E-state index contributed by atoms with van der Waals surface area (Å²) in [5.74, 6) is -0.403. The fourth-order valence-corrected chi connectivity index (χ4v) is 6.16. The monoisotopic (exact) mass is 439 g/mol. The summed E-state index contributed by atoms with van der Waals surface area (Å²) < 4.78 is 5.76. The van der Waals surface area contributed by atoms with E-state index in [4.69, 9.17) is 4.74 Å². The second-order valence-corrected chi connectivity index (χ2v) is 10.1. The molecule has 6 atom stereocenters. The maximum Gasteiger partial charge on any atom is 0.0904 e. The molecule has 0 spiro atoms. The van der Waals surface area contributed by atoms with Gasteiger partial charge < -0.3 is 20.1 Å². The van der Waals surface area contributed by atoms with Gasteiger partial charge in [0.15, 0.2) is 0 Å². The van der Waals surface area contributed by atoms with Gasteiger partial charge in [-0.3, -0.25) is 4.90 Å². The maximum absolute atomic E-state index is 11.8. The summed E-state index contributed by atoms with van der Waals surface area (Å²) in [5, 5.41) is 36.4. The SMILES string of the molecule is CO[C@@H]1[C@H](O)CC[C@]2(O)CN(Cc3cccc4ccccc34)[C@](C)([C@H](O)CC=C(C)C)[C@@H]12. The van der Waals surface area contributed by atoms with Gasteiger partial charge in [-0.1, -0.05) is 54.1 Å². The lowest BCUT2D eigenvalue weighted by Gasteiger charge is -2.50. The van der Waals surface area contributed by atoms with Gasteiger partial charge in [0, 0.05) is 26.1 Å². The van der Waals surface area contributed by atoms with Gasteiger partial charge in [-0.2, -0.15) is 0 Å². The Morgan fingerprint density at radius 3 is 2.66 bits per heavy atom. The molecule has 3 N–H and O–H groups in total. The molecule has 1 aliphatic heterocycles. The van der Waals surface area contributed by atoms with Crippen molar-refractivity contribution in [3.8, 4) is 0 Å². The Labute approximate surface area is 191 Å². The molecule has 0 aromatic heterocycles. The molecular formula is C27H37NO4. The molecule has 1 saturated heterocycles. The molecule has 1 aliphatic carbocycles. The van der Waals surface area contributed by atoms with Crippen LogP contribution in [0.15, 0.2) is 54.1 Å². The minimum atomic E-state index is -1.02. The van der Waals surface area contributed by atoms with Gasteiger partial charge >= 0.3 is 0 Å². The Bertz CT molecular complexity index is 981. The van der Waals surface area contributed by atoms with Gasteiger partial charge in [-0.25, -0.2) is 0 Å². The topological polar surface area (TPSA) is 73.2 Å². The van der Waals surface area contributed by atoms with Gasteiger partial charge in [-0.15, -0.1) is 0 Å². The summed E-state index contributed by atoms with van der Waals surface area (Å²) in [4.78, 5) is 2.23. The van der Waals surface area contributed by atoms with Crippen molar-refractivity contribution in [2.75, 3.05) is 13.7 Å². The molecule has 1 heterocycles.